The number of halogens is 2. The number of pyridine rings is 1. The van der Waals surface area contributed by atoms with E-state index in [9.17, 15) is 14.4 Å². The van der Waals surface area contributed by atoms with E-state index in [2.05, 4.69) is 48.3 Å². The van der Waals surface area contributed by atoms with E-state index in [1.165, 1.54) is 12.1 Å². The van der Waals surface area contributed by atoms with Crippen molar-refractivity contribution in [1.82, 2.24) is 34.5 Å². The summed E-state index contributed by atoms with van der Waals surface area (Å²) < 4.78 is 47.2. The second-order valence-corrected chi connectivity index (χ2v) is 18.8. The zero-order valence-electron chi connectivity index (χ0n) is 36.1. The summed E-state index contributed by atoms with van der Waals surface area (Å²) in [5.41, 5.74) is 5.46. The number of ether oxygens (including phenoxy) is 2. The molecule has 3 amide bonds. The molecule has 4 bridgehead atoms. The number of nitrogens with one attached hydrogen (secondary N) is 2. The highest BCUT2D eigenvalue weighted by molar-refractivity contribution is 6.05. The molecule has 3 aromatic heterocycles. The standard InChI is InChI=1S/C47H52F2N10O5/c1-27-15-30-17-39(51-27)35-21-50-55(2)45(35)64-23-29-4-3-28(16-29)22-58-40-20-32(5-7-38(40)52-46(58)54-43(30)61)59-14-13-57(24-47(59)25-63-26-47)31-9-11-56(12-10-31)33-18-36(48)42(37(49)19-33)34-6-8-41(60)53-44(34)62/h5,7,15,17-21,28-29,31,34H,3-4,6,8-14,16,22-26H2,1-2H3,(H,52,54,61)(H,53,60,62)/t28-,29+,34-/m1/s1. The smallest absolute Gasteiger partial charge is 0.258 e. The first-order chi connectivity index (χ1) is 31.0. The number of aromatic nitrogens is 5. The number of aryl methyl sites for hydroxylation is 2. The van der Waals surface area contributed by atoms with Crippen LogP contribution in [0.15, 0.2) is 48.7 Å². The number of imide groups is 1. The lowest BCUT2D eigenvalue weighted by Gasteiger charge is -2.58. The summed E-state index contributed by atoms with van der Waals surface area (Å²) in [5.74, 6) is -1.94. The van der Waals surface area contributed by atoms with Crippen molar-refractivity contribution in [1.29, 1.82) is 0 Å². The number of rotatable bonds is 4. The maximum absolute atomic E-state index is 15.4. The quantitative estimate of drug-likeness (QED) is 0.219. The van der Waals surface area contributed by atoms with Crippen LogP contribution < -0.4 is 25.2 Å². The number of piperidine rings is 2. The van der Waals surface area contributed by atoms with Crippen LogP contribution in [0.4, 0.5) is 26.1 Å². The van der Waals surface area contributed by atoms with Crippen molar-refractivity contribution in [3.8, 4) is 17.1 Å². The second-order valence-electron chi connectivity index (χ2n) is 18.8. The molecule has 1 spiro atoms. The Hall–Kier alpha value is -5.94. The van der Waals surface area contributed by atoms with E-state index < -0.39 is 29.4 Å². The fraction of sp³-hybridized carbons (Fsp3) is 0.489. The minimum Gasteiger partial charge on any atom is -0.477 e. The Kier molecular flexibility index (Phi) is 10.2. The molecule has 0 radical (unpaired) electrons. The molecule has 1 aliphatic carbocycles. The molecule has 4 saturated heterocycles. The molecule has 17 heteroatoms. The van der Waals surface area contributed by atoms with Gasteiger partial charge in [-0.05, 0) is 99.7 Å². The maximum atomic E-state index is 15.4. The molecule has 5 fully saturated rings. The minimum atomic E-state index is -1.02. The number of carbonyl (C=O) groups is 3. The number of anilines is 3. The molecule has 2 aromatic carbocycles. The van der Waals surface area contributed by atoms with Gasteiger partial charge in [0.1, 0.15) is 11.6 Å². The number of hydrogen-bond donors (Lipinski definition) is 2. The highest BCUT2D eigenvalue weighted by Crippen LogP contribution is 2.41. The van der Waals surface area contributed by atoms with Crippen molar-refractivity contribution in [3.05, 3.63) is 77.1 Å². The molecular formula is C47H52F2N10O5. The fourth-order valence-electron chi connectivity index (χ4n) is 11.2. The van der Waals surface area contributed by atoms with E-state index in [1.54, 1.807) is 23.0 Å². The molecule has 1 saturated carbocycles. The van der Waals surface area contributed by atoms with Crippen LogP contribution in [0.25, 0.3) is 22.3 Å². The van der Waals surface area contributed by atoms with Gasteiger partial charge in [-0.15, -0.1) is 0 Å². The lowest BCUT2D eigenvalue weighted by atomic mass is 9.88. The van der Waals surface area contributed by atoms with Gasteiger partial charge in [-0.3, -0.25) is 34.9 Å². The lowest BCUT2D eigenvalue weighted by Crippen LogP contribution is -2.73. The van der Waals surface area contributed by atoms with Gasteiger partial charge in [-0.1, -0.05) is 0 Å². The van der Waals surface area contributed by atoms with Gasteiger partial charge in [0.15, 0.2) is 0 Å². The molecule has 8 heterocycles. The number of amides is 3. The Bertz CT molecular complexity index is 2670. The molecule has 15 nitrogen and oxygen atoms in total. The van der Waals surface area contributed by atoms with Crippen LogP contribution in [0.5, 0.6) is 5.88 Å². The molecule has 3 atom stereocenters. The topological polar surface area (TPSA) is 152 Å². The third-order valence-corrected chi connectivity index (χ3v) is 14.6. The molecule has 334 valence electrons. The van der Waals surface area contributed by atoms with Crippen molar-refractivity contribution < 1.29 is 32.6 Å². The normalized spacial score (nSPS) is 24.1. The van der Waals surface area contributed by atoms with Gasteiger partial charge >= 0.3 is 0 Å². The monoisotopic (exact) mass is 874 g/mol. The highest BCUT2D eigenvalue weighted by Gasteiger charge is 2.49. The maximum Gasteiger partial charge on any atom is 0.258 e. The summed E-state index contributed by atoms with van der Waals surface area (Å²) in [6, 6.07) is 13.0. The Morgan fingerprint density at radius 2 is 1.66 bits per heavy atom. The van der Waals surface area contributed by atoms with Crippen LogP contribution in [0.3, 0.4) is 0 Å². The van der Waals surface area contributed by atoms with E-state index >= 15 is 8.78 Å². The number of hydrogen-bond acceptors (Lipinski definition) is 11. The molecule has 11 rings (SSSR count). The molecule has 6 aliphatic rings. The first-order valence-corrected chi connectivity index (χ1v) is 22.6. The molecule has 5 aromatic rings. The van der Waals surface area contributed by atoms with Crippen molar-refractivity contribution in [2.75, 3.05) is 67.7 Å². The Labute approximate surface area is 369 Å². The number of fused-ring (bicyclic) bond motifs is 9. The van der Waals surface area contributed by atoms with E-state index in [4.69, 9.17) is 19.4 Å². The number of carbonyl (C=O) groups excluding carboxylic acids is 3. The third-order valence-electron chi connectivity index (χ3n) is 14.6. The number of nitrogens with zero attached hydrogens (tertiary/aromatic N) is 8. The Balaban J connectivity index is 0.817. The van der Waals surface area contributed by atoms with Crippen molar-refractivity contribution >= 4 is 46.1 Å². The van der Waals surface area contributed by atoms with Crippen LogP contribution in [0.1, 0.15) is 72.5 Å². The lowest BCUT2D eigenvalue weighted by molar-refractivity contribution is -0.134. The van der Waals surface area contributed by atoms with Crippen molar-refractivity contribution in [3.63, 3.8) is 0 Å². The average Bonchev–Trinajstić information content (AvgIpc) is 3.98. The van der Waals surface area contributed by atoms with Crippen molar-refractivity contribution in [2.45, 2.75) is 75.9 Å². The highest BCUT2D eigenvalue weighted by atomic mass is 19.1. The van der Waals surface area contributed by atoms with Crippen LogP contribution in [-0.2, 0) is 27.9 Å². The summed E-state index contributed by atoms with van der Waals surface area (Å²) in [4.78, 5) is 55.0. The van der Waals surface area contributed by atoms with E-state index in [0.717, 1.165) is 74.0 Å². The van der Waals surface area contributed by atoms with Gasteiger partial charge in [0, 0.05) is 87.0 Å². The van der Waals surface area contributed by atoms with E-state index in [1.807, 2.05) is 18.9 Å². The zero-order chi connectivity index (χ0) is 43.9. The number of benzene rings is 2. The number of piperazine rings is 1. The molecule has 0 unspecified atom stereocenters. The average molecular weight is 875 g/mol. The molecule has 5 aliphatic heterocycles. The van der Waals surface area contributed by atoms with Crippen LogP contribution in [-0.4, -0.2) is 111 Å². The summed E-state index contributed by atoms with van der Waals surface area (Å²) in [7, 11) is 1.86. The second kappa shape index (κ2) is 15.9. The summed E-state index contributed by atoms with van der Waals surface area (Å²) in [6.07, 6.45) is 6.66. The largest absolute Gasteiger partial charge is 0.477 e. The summed E-state index contributed by atoms with van der Waals surface area (Å²) in [6.45, 7) is 8.18. The van der Waals surface area contributed by atoms with Crippen molar-refractivity contribution in [2.24, 2.45) is 18.9 Å². The first kappa shape index (κ1) is 40.8. The van der Waals surface area contributed by atoms with Gasteiger partial charge < -0.3 is 23.8 Å². The van der Waals surface area contributed by atoms with E-state index in [0.29, 0.717) is 91.8 Å². The van der Waals surface area contributed by atoms with Crippen LogP contribution in [0.2, 0.25) is 0 Å². The van der Waals surface area contributed by atoms with Gasteiger partial charge in [0.2, 0.25) is 23.6 Å². The SMILES string of the molecule is Cc1cc2cc(n1)-c1cnn(C)c1OC[C@H]1CC[C@H](C1)Cn1c(nc3ccc(N4CCN(C5CCN(c6cc(F)c([C@H]7CCC(=O)NC7=O)c(F)c6)CC5)CC45COC5)cc31)NC2=O. The van der Waals surface area contributed by atoms with Gasteiger partial charge in [-0.2, -0.15) is 5.10 Å². The Morgan fingerprint density at radius 3 is 2.42 bits per heavy atom. The molecule has 2 N–H and O–H groups in total. The third kappa shape index (κ3) is 7.25. The number of imidazole rings is 1. The fourth-order valence-corrected chi connectivity index (χ4v) is 11.2. The summed E-state index contributed by atoms with van der Waals surface area (Å²) >= 11 is 0. The first-order valence-electron chi connectivity index (χ1n) is 22.6. The van der Waals surface area contributed by atoms with Gasteiger partial charge in [-0.25, -0.2) is 18.4 Å². The van der Waals surface area contributed by atoms with Gasteiger partial charge in [0.05, 0.1) is 59.8 Å². The van der Waals surface area contributed by atoms with E-state index in [-0.39, 0.29) is 29.9 Å². The summed E-state index contributed by atoms with van der Waals surface area (Å²) in [5, 5.41) is 9.86. The van der Waals surface area contributed by atoms with Gasteiger partial charge in [0.25, 0.3) is 5.91 Å². The Morgan fingerprint density at radius 1 is 0.859 bits per heavy atom. The zero-order valence-corrected chi connectivity index (χ0v) is 36.1. The molecular weight excluding hydrogens is 823 g/mol. The predicted molar refractivity (Wildman–Crippen MR) is 234 cm³/mol. The van der Waals surface area contributed by atoms with Crippen LogP contribution in [0, 0.1) is 30.4 Å². The molecule has 64 heavy (non-hydrogen) atoms. The minimum absolute atomic E-state index is 0.0518. The van der Waals surface area contributed by atoms with Crippen LogP contribution >= 0.6 is 0 Å². The predicted octanol–water partition coefficient (Wildman–Crippen LogP) is 5.56.